The summed E-state index contributed by atoms with van der Waals surface area (Å²) in [5, 5.41) is 0. The third-order valence-corrected chi connectivity index (χ3v) is 4.38. The fourth-order valence-corrected chi connectivity index (χ4v) is 3.03. The quantitative estimate of drug-likeness (QED) is 0.814. The van der Waals surface area contributed by atoms with Crippen molar-refractivity contribution in [3.8, 4) is 0 Å². The minimum absolute atomic E-state index is 0.290. The number of halogens is 1. The van der Waals surface area contributed by atoms with Gasteiger partial charge in [0.2, 0.25) is 0 Å². The summed E-state index contributed by atoms with van der Waals surface area (Å²) in [6.07, 6.45) is 8.31. The van der Waals surface area contributed by atoms with Crippen molar-refractivity contribution in [1.29, 1.82) is 0 Å². The van der Waals surface area contributed by atoms with Crippen LogP contribution in [0.3, 0.4) is 0 Å². The third kappa shape index (κ3) is 2.89. The van der Waals surface area contributed by atoms with Gasteiger partial charge in [0.1, 0.15) is 5.82 Å². The molecule has 0 spiro atoms. The van der Waals surface area contributed by atoms with E-state index in [0.29, 0.717) is 5.92 Å². The van der Waals surface area contributed by atoms with Gasteiger partial charge in [-0.3, -0.25) is 4.98 Å². The van der Waals surface area contributed by atoms with E-state index in [0.717, 1.165) is 37.2 Å². The van der Waals surface area contributed by atoms with Crippen LogP contribution in [0.15, 0.2) is 18.5 Å². The molecule has 2 rings (SSSR count). The van der Waals surface area contributed by atoms with E-state index in [4.69, 9.17) is 5.73 Å². The minimum Gasteiger partial charge on any atom is -0.321 e. The van der Waals surface area contributed by atoms with Crippen molar-refractivity contribution >= 4 is 0 Å². The summed E-state index contributed by atoms with van der Waals surface area (Å²) < 4.78 is 13.3. The summed E-state index contributed by atoms with van der Waals surface area (Å²) in [5.74, 6) is 1.16. The lowest BCUT2D eigenvalue weighted by Crippen LogP contribution is -2.36. The maximum atomic E-state index is 13.3. The largest absolute Gasteiger partial charge is 0.321 e. The van der Waals surface area contributed by atoms with Gasteiger partial charge in [-0.25, -0.2) is 4.39 Å². The van der Waals surface area contributed by atoms with Crippen LogP contribution in [0, 0.1) is 17.7 Å². The normalized spacial score (nSPS) is 29.3. The zero-order valence-electron chi connectivity index (χ0n) is 11.3. The average Bonchev–Trinajstić information content (AvgIpc) is 2.52. The fourth-order valence-electron chi connectivity index (χ4n) is 3.03. The summed E-state index contributed by atoms with van der Waals surface area (Å²) in [6, 6.07) is 1.54. The molecule has 2 N–H and O–H groups in total. The highest BCUT2D eigenvalue weighted by Gasteiger charge is 2.32. The molecule has 0 radical (unpaired) electrons. The number of nitrogens with two attached hydrogens (primary N) is 1. The Balaban J connectivity index is 2.16. The molecule has 0 bridgehead atoms. The first-order chi connectivity index (χ1) is 8.51. The Morgan fingerprint density at radius 3 is 2.78 bits per heavy atom. The molecule has 2 atom stereocenters. The van der Waals surface area contributed by atoms with E-state index in [1.165, 1.54) is 12.6 Å². The lowest BCUT2D eigenvalue weighted by molar-refractivity contribution is 0.324. The van der Waals surface area contributed by atoms with Crippen molar-refractivity contribution in [1.82, 2.24) is 4.98 Å². The van der Waals surface area contributed by atoms with Gasteiger partial charge >= 0.3 is 0 Å². The Labute approximate surface area is 109 Å². The maximum absolute atomic E-state index is 13.3. The lowest BCUT2D eigenvalue weighted by atomic mass is 9.83. The number of aromatic nitrogens is 1. The van der Waals surface area contributed by atoms with Crippen LogP contribution >= 0.6 is 0 Å². The van der Waals surface area contributed by atoms with E-state index in [1.807, 2.05) is 0 Å². The number of hydrogen-bond donors (Lipinski definition) is 1. The van der Waals surface area contributed by atoms with Gasteiger partial charge in [-0.2, -0.15) is 0 Å². The molecule has 1 aliphatic carbocycles. The van der Waals surface area contributed by atoms with E-state index in [1.54, 1.807) is 12.3 Å². The van der Waals surface area contributed by atoms with Crippen LogP contribution in [0.4, 0.5) is 4.39 Å². The van der Waals surface area contributed by atoms with Gasteiger partial charge in [0.25, 0.3) is 0 Å². The molecular formula is C15H23FN2. The van der Waals surface area contributed by atoms with E-state index >= 15 is 0 Å². The van der Waals surface area contributed by atoms with Gasteiger partial charge < -0.3 is 5.73 Å². The highest BCUT2D eigenvalue weighted by molar-refractivity contribution is 5.21. The highest BCUT2D eigenvalue weighted by Crippen LogP contribution is 2.38. The molecule has 0 aliphatic heterocycles. The van der Waals surface area contributed by atoms with Crippen LogP contribution in [0.2, 0.25) is 0 Å². The Kier molecular flexibility index (Phi) is 4.00. The molecular weight excluding hydrogens is 227 g/mol. The predicted molar refractivity (Wildman–Crippen MR) is 71.5 cm³/mol. The van der Waals surface area contributed by atoms with Crippen molar-refractivity contribution in [3.63, 3.8) is 0 Å². The minimum atomic E-state index is -0.390. The van der Waals surface area contributed by atoms with Crippen LogP contribution < -0.4 is 5.73 Å². The van der Waals surface area contributed by atoms with Gasteiger partial charge in [-0.15, -0.1) is 0 Å². The molecule has 1 heterocycles. The zero-order chi connectivity index (χ0) is 13.2. The molecule has 1 aromatic heterocycles. The topological polar surface area (TPSA) is 38.9 Å². The second-order valence-electron chi connectivity index (χ2n) is 5.98. The smallest absolute Gasteiger partial charge is 0.141 e. The van der Waals surface area contributed by atoms with Crippen LogP contribution in [0.1, 0.15) is 51.5 Å². The molecule has 1 fully saturated rings. The molecule has 0 saturated heterocycles. The summed E-state index contributed by atoms with van der Waals surface area (Å²) in [4.78, 5) is 3.93. The zero-order valence-corrected chi connectivity index (χ0v) is 11.3. The SMILES string of the molecule is CC(C)C1CCCC(N)(c2cncc(F)c2)CC1. The van der Waals surface area contributed by atoms with E-state index in [2.05, 4.69) is 18.8 Å². The van der Waals surface area contributed by atoms with Crippen molar-refractivity contribution in [3.05, 3.63) is 29.8 Å². The fraction of sp³-hybridized carbons (Fsp3) is 0.667. The summed E-state index contributed by atoms with van der Waals surface area (Å²) in [5.41, 5.74) is 6.97. The van der Waals surface area contributed by atoms with Crippen molar-refractivity contribution in [2.75, 3.05) is 0 Å². The van der Waals surface area contributed by atoms with Crippen LogP contribution in [-0.4, -0.2) is 4.98 Å². The molecule has 1 aliphatic rings. The molecule has 3 heteroatoms. The first-order valence-electron chi connectivity index (χ1n) is 6.91. The number of pyridine rings is 1. The standard InChI is InChI=1S/C15H23FN2/c1-11(2)12-4-3-6-15(17,7-5-12)13-8-14(16)10-18-9-13/h8-12H,3-7,17H2,1-2H3. The third-order valence-electron chi connectivity index (χ3n) is 4.38. The lowest BCUT2D eigenvalue weighted by Gasteiger charge is -2.28. The molecule has 1 saturated carbocycles. The highest BCUT2D eigenvalue weighted by atomic mass is 19.1. The maximum Gasteiger partial charge on any atom is 0.141 e. The Morgan fingerprint density at radius 1 is 1.33 bits per heavy atom. The average molecular weight is 250 g/mol. The van der Waals surface area contributed by atoms with E-state index < -0.39 is 5.54 Å². The number of rotatable bonds is 2. The van der Waals surface area contributed by atoms with Gasteiger partial charge in [0.15, 0.2) is 0 Å². The number of hydrogen-bond acceptors (Lipinski definition) is 2. The van der Waals surface area contributed by atoms with Crippen LogP contribution in [-0.2, 0) is 5.54 Å². The van der Waals surface area contributed by atoms with Crippen molar-refractivity contribution in [2.24, 2.45) is 17.6 Å². The Morgan fingerprint density at radius 2 is 2.11 bits per heavy atom. The monoisotopic (exact) mass is 250 g/mol. The molecule has 0 aromatic carbocycles. The molecule has 18 heavy (non-hydrogen) atoms. The molecule has 2 unspecified atom stereocenters. The first kappa shape index (κ1) is 13.5. The van der Waals surface area contributed by atoms with E-state index in [-0.39, 0.29) is 5.82 Å². The first-order valence-corrected chi connectivity index (χ1v) is 6.91. The Hall–Kier alpha value is -0.960. The molecule has 100 valence electrons. The predicted octanol–water partition coefficient (Wildman–Crippen LogP) is 3.61. The summed E-state index contributed by atoms with van der Waals surface area (Å²) in [7, 11) is 0. The van der Waals surface area contributed by atoms with Crippen LogP contribution in [0.25, 0.3) is 0 Å². The summed E-state index contributed by atoms with van der Waals surface area (Å²) >= 11 is 0. The second kappa shape index (κ2) is 5.35. The van der Waals surface area contributed by atoms with Gasteiger partial charge in [0, 0.05) is 11.7 Å². The van der Waals surface area contributed by atoms with Crippen molar-refractivity contribution < 1.29 is 4.39 Å². The van der Waals surface area contributed by atoms with Gasteiger partial charge in [-0.05, 0) is 42.7 Å². The van der Waals surface area contributed by atoms with Gasteiger partial charge in [0.05, 0.1) is 6.20 Å². The molecule has 0 amide bonds. The van der Waals surface area contributed by atoms with Gasteiger partial charge in [-0.1, -0.05) is 26.7 Å². The summed E-state index contributed by atoms with van der Waals surface area (Å²) in [6.45, 7) is 4.55. The molecule has 2 nitrogen and oxygen atoms in total. The number of nitrogens with zero attached hydrogens (tertiary/aromatic N) is 1. The Bertz CT molecular complexity index is 405. The second-order valence-corrected chi connectivity index (χ2v) is 5.98. The van der Waals surface area contributed by atoms with Crippen LogP contribution in [0.5, 0.6) is 0 Å². The van der Waals surface area contributed by atoms with E-state index in [9.17, 15) is 4.39 Å². The van der Waals surface area contributed by atoms with Crippen molar-refractivity contribution in [2.45, 2.75) is 51.5 Å². The molecule has 1 aromatic rings.